The maximum absolute atomic E-state index is 13.7. The van der Waals surface area contributed by atoms with Gasteiger partial charge in [0.2, 0.25) is 0 Å². The van der Waals surface area contributed by atoms with Crippen LogP contribution in [0.25, 0.3) is 22.2 Å². The Bertz CT molecular complexity index is 1180. The van der Waals surface area contributed by atoms with Crippen LogP contribution in [0.2, 0.25) is 0 Å². The van der Waals surface area contributed by atoms with Crippen LogP contribution in [0.1, 0.15) is 5.56 Å². The lowest BCUT2D eigenvalue weighted by molar-refractivity contribution is 0.415. The number of H-pyrrole nitrogens is 1. The number of hydrogen-bond acceptors (Lipinski definition) is 2. The third kappa shape index (κ3) is 3.21. The molecule has 6 heteroatoms. The smallest absolute Gasteiger partial charge is 0.326 e. The summed E-state index contributed by atoms with van der Waals surface area (Å²) in [6, 6.07) is 15.7. The average molecular weight is 366 g/mol. The number of hydrogen-bond donors (Lipinski definition) is 1. The molecule has 4 nitrogen and oxygen atoms in total. The summed E-state index contributed by atoms with van der Waals surface area (Å²) in [7, 11) is 1.52. The minimum atomic E-state index is -0.367. The number of rotatable bonds is 4. The van der Waals surface area contributed by atoms with Gasteiger partial charge in [0.1, 0.15) is 17.4 Å². The zero-order chi connectivity index (χ0) is 19.0. The first-order chi connectivity index (χ1) is 13.0. The zero-order valence-electron chi connectivity index (χ0n) is 14.5. The molecule has 0 unspecified atom stereocenters. The van der Waals surface area contributed by atoms with Crippen LogP contribution >= 0.6 is 0 Å². The van der Waals surface area contributed by atoms with Crippen LogP contribution in [0.15, 0.2) is 65.5 Å². The first kappa shape index (κ1) is 17.0. The van der Waals surface area contributed by atoms with Crippen molar-refractivity contribution in [2.24, 2.45) is 0 Å². The lowest BCUT2D eigenvalue weighted by Crippen LogP contribution is -2.17. The lowest BCUT2D eigenvalue weighted by Gasteiger charge is -2.09. The van der Waals surface area contributed by atoms with Crippen molar-refractivity contribution in [1.82, 2.24) is 9.55 Å². The van der Waals surface area contributed by atoms with E-state index in [0.717, 1.165) is 11.1 Å². The third-order valence-corrected chi connectivity index (χ3v) is 4.50. The molecule has 0 saturated heterocycles. The predicted molar refractivity (Wildman–Crippen MR) is 100 cm³/mol. The van der Waals surface area contributed by atoms with Gasteiger partial charge in [-0.05, 0) is 53.6 Å². The highest BCUT2D eigenvalue weighted by Gasteiger charge is 2.12. The molecule has 4 aromatic rings. The van der Waals surface area contributed by atoms with E-state index >= 15 is 0 Å². The van der Waals surface area contributed by atoms with Gasteiger partial charge >= 0.3 is 5.69 Å². The van der Waals surface area contributed by atoms with Gasteiger partial charge in [0.15, 0.2) is 0 Å². The number of aromatic nitrogens is 2. The molecule has 1 heterocycles. The summed E-state index contributed by atoms with van der Waals surface area (Å²) in [4.78, 5) is 15.2. The molecule has 4 rings (SSSR count). The number of halogens is 2. The van der Waals surface area contributed by atoms with E-state index in [-0.39, 0.29) is 17.3 Å². The van der Waals surface area contributed by atoms with Gasteiger partial charge in [0.25, 0.3) is 0 Å². The van der Waals surface area contributed by atoms with Gasteiger partial charge in [0, 0.05) is 5.56 Å². The molecule has 1 N–H and O–H groups in total. The molecule has 0 bridgehead atoms. The molecule has 0 amide bonds. The van der Waals surface area contributed by atoms with E-state index in [4.69, 9.17) is 4.74 Å². The topological polar surface area (TPSA) is 47.0 Å². The summed E-state index contributed by atoms with van der Waals surface area (Å²) in [5.41, 5.74) is 3.22. The fraction of sp³-hybridized carbons (Fsp3) is 0.0952. The van der Waals surface area contributed by atoms with Crippen molar-refractivity contribution >= 4 is 11.0 Å². The van der Waals surface area contributed by atoms with E-state index in [1.54, 1.807) is 34.9 Å². The number of ether oxygens (including phenoxy) is 1. The molecule has 3 aromatic carbocycles. The molecule has 0 aliphatic heterocycles. The number of nitrogens with one attached hydrogen (secondary N) is 1. The van der Waals surface area contributed by atoms with E-state index in [1.807, 2.05) is 6.07 Å². The number of fused-ring (bicyclic) bond motifs is 1. The van der Waals surface area contributed by atoms with Crippen molar-refractivity contribution in [2.45, 2.75) is 6.54 Å². The molecule has 0 aliphatic rings. The van der Waals surface area contributed by atoms with Crippen molar-refractivity contribution in [2.75, 3.05) is 7.11 Å². The molecule has 0 aliphatic carbocycles. The minimum absolute atomic E-state index is 0.266. The first-order valence-electron chi connectivity index (χ1n) is 8.36. The van der Waals surface area contributed by atoms with Gasteiger partial charge in [-0.1, -0.05) is 18.2 Å². The summed E-state index contributed by atoms with van der Waals surface area (Å²) in [5.74, 6) is -0.143. The Balaban J connectivity index is 1.78. The van der Waals surface area contributed by atoms with Crippen molar-refractivity contribution < 1.29 is 13.5 Å². The van der Waals surface area contributed by atoms with Crippen molar-refractivity contribution in [1.29, 1.82) is 0 Å². The maximum atomic E-state index is 13.7. The van der Waals surface area contributed by atoms with Crippen LogP contribution < -0.4 is 10.4 Å². The number of methoxy groups -OCH3 is 1. The zero-order valence-corrected chi connectivity index (χ0v) is 14.5. The number of imidazole rings is 1. The fourth-order valence-electron chi connectivity index (χ4n) is 3.17. The van der Waals surface area contributed by atoms with E-state index in [1.165, 1.54) is 31.4 Å². The van der Waals surface area contributed by atoms with Crippen LogP contribution in [0.5, 0.6) is 5.75 Å². The Morgan fingerprint density at radius 3 is 2.44 bits per heavy atom. The second-order valence-electron chi connectivity index (χ2n) is 6.22. The molecular weight excluding hydrogens is 350 g/mol. The van der Waals surface area contributed by atoms with Crippen molar-refractivity contribution in [3.63, 3.8) is 0 Å². The van der Waals surface area contributed by atoms with Crippen molar-refractivity contribution in [3.8, 4) is 16.9 Å². The monoisotopic (exact) mass is 366 g/mol. The fourth-order valence-corrected chi connectivity index (χ4v) is 3.17. The average Bonchev–Trinajstić information content (AvgIpc) is 2.98. The van der Waals surface area contributed by atoms with Gasteiger partial charge in [-0.2, -0.15) is 0 Å². The van der Waals surface area contributed by atoms with Gasteiger partial charge in [-0.15, -0.1) is 0 Å². The van der Waals surface area contributed by atoms with E-state index in [0.29, 0.717) is 28.9 Å². The molecule has 136 valence electrons. The van der Waals surface area contributed by atoms with Gasteiger partial charge in [0.05, 0.1) is 24.7 Å². The lowest BCUT2D eigenvalue weighted by atomic mass is 10.0. The third-order valence-electron chi connectivity index (χ3n) is 4.50. The molecule has 27 heavy (non-hydrogen) atoms. The van der Waals surface area contributed by atoms with E-state index in [9.17, 15) is 13.6 Å². The number of nitrogens with zero attached hydrogens (tertiary/aromatic N) is 1. The Labute approximate surface area is 153 Å². The summed E-state index contributed by atoms with van der Waals surface area (Å²) >= 11 is 0. The Morgan fingerprint density at radius 1 is 0.963 bits per heavy atom. The molecule has 0 atom stereocenters. The molecular formula is C21H16F2N2O2. The summed E-state index contributed by atoms with van der Waals surface area (Å²) in [6.45, 7) is 0.321. The summed E-state index contributed by atoms with van der Waals surface area (Å²) in [5, 5.41) is 0. The number of benzene rings is 3. The van der Waals surface area contributed by atoms with Gasteiger partial charge in [-0.3, -0.25) is 4.57 Å². The highest BCUT2D eigenvalue weighted by molar-refractivity contribution is 5.83. The van der Waals surface area contributed by atoms with Crippen LogP contribution in [-0.2, 0) is 6.54 Å². The standard InChI is InChI=1S/C21H16F2N2O2/c1-27-20-9-7-16(23)11-17(20)14-4-8-19-18(10-14)24-21(26)25(19)12-13-2-5-15(22)6-3-13/h2-11H,12H2,1H3,(H,24,26). The Morgan fingerprint density at radius 2 is 1.70 bits per heavy atom. The Hall–Kier alpha value is -3.41. The van der Waals surface area contributed by atoms with Crippen LogP contribution in [0, 0.1) is 11.6 Å². The molecule has 0 radical (unpaired) electrons. The maximum Gasteiger partial charge on any atom is 0.326 e. The molecule has 0 spiro atoms. The molecule has 0 fully saturated rings. The van der Waals surface area contributed by atoms with Gasteiger partial charge < -0.3 is 9.72 Å². The van der Waals surface area contributed by atoms with Crippen LogP contribution in [0.4, 0.5) is 8.78 Å². The van der Waals surface area contributed by atoms with Gasteiger partial charge in [-0.25, -0.2) is 13.6 Å². The second-order valence-corrected chi connectivity index (χ2v) is 6.22. The van der Waals surface area contributed by atoms with Crippen LogP contribution in [-0.4, -0.2) is 16.7 Å². The predicted octanol–water partition coefficient (Wildman–Crippen LogP) is 4.33. The first-order valence-corrected chi connectivity index (χ1v) is 8.36. The normalized spacial score (nSPS) is 11.1. The van der Waals surface area contributed by atoms with Crippen molar-refractivity contribution in [3.05, 3.63) is 88.3 Å². The largest absolute Gasteiger partial charge is 0.496 e. The SMILES string of the molecule is COc1ccc(F)cc1-c1ccc2c(c1)[nH]c(=O)n2Cc1ccc(F)cc1. The molecule has 0 saturated carbocycles. The summed E-state index contributed by atoms with van der Waals surface area (Å²) in [6.07, 6.45) is 0. The quantitative estimate of drug-likeness (QED) is 0.584. The second kappa shape index (κ2) is 6.72. The highest BCUT2D eigenvalue weighted by Crippen LogP contribution is 2.32. The minimum Gasteiger partial charge on any atom is -0.496 e. The summed E-state index contributed by atoms with van der Waals surface area (Å²) < 4.78 is 33.6. The van der Waals surface area contributed by atoms with Crippen LogP contribution in [0.3, 0.4) is 0 Å². The molecule has 1 aromatic heterocycles. The highest BCUT2D eigenvalue weighted by atomic mass is 19.1. The number of aromatic amines is 1. The van der Waals surface area contributed by atoms with E-state index in [2.05, 4.69) is 4.98 Å². The Kier molecular flexibility index (Phi) is 4.24. The van der Waals surface area contributed by atoms with E-state index < -0.39 is 0 Å².